The van der Waals surface area contributed by atoms with Gasteiger partial charge in [-0.1, -0.05) is 18.2 Å². The molecule has 0 aliphatic carbocycles. The molecule has 0 bridgehead atoms. The van der Waals surface area contributed by atoms with Crippen molar-refractivity contribution in [2.45, 2.75) is 13.8 Å². The van der Waals surface area contributed by atoms with Crippen LogP contribution >= 0.6 is 0 Å². The van der Waals surface area contributed by atoms with Gasteiger partial charge in [0.1, 0.15) is 6.07 Å². The summed E-state index contributed by atoms with van der Waals surface area (Å²) in [6.07, 6.45) is 2.53. The lowest BCUT2D eigenvalue weighted by atomic mass is 10.1. The van der Waals surface area contributed by atoms with Crippen LogP contribution in [0.3, 0.4) is 0 Å². The Morgan fingerprint density at radius 2 is 2.25 bits per heavy atom. The van der Waals surface area contributed by atoms with E-state index in [1.807, 2.05) is 19.9 Å². The van der Waals surface area contributed by atoms with Gasteiger partial charge in [-0.3, -0.25) is 0 Å². The second-order valence-corrected chi connectivity index (χ2v) is 4.53. The van der Waals surface area contributed by atoms with Crippen molar-refractivity contribution < 1.29 is 9.90 Å². The highest BCUT2D eigenvalue weighted by atomic mass is 16.4. The van der Waals surface area contributed by atoms with E-state index in [9.17, 15) is 10.1 Å². The topological polar surface area (TPSA) is 64.3 Å². The van der Waals surface area contributed by atoms with Gasteiger partial charge in [0, 0.05) is 19.2 Å². The number of benzene rings is 1. The van der Waals surface area contributed by atoms with Crippen LogP contribution in [0, 0.1) is 11.3 Å². The highest BCUT2D eigenvalue weighted by Crippen LogP contribution is 2.22. The fourth-order valence-corrected chi connectivity index (χ4v) is 1.88. The van der Waals surface area contributed by atoms with Gasteiger partial charge in [0.05, 0.1) is 11.3 Å². The number of carbonyl (C=O) groups is 1. The van der Waals surface area contributed by atoms with Gasteiger partial charge in [-0.2, -0.15) is 5.26 Å². The monoisotopic (exact) mass is 270 g/mol. The molecule has 0 atom stereocenters. The van der Waals surface area contributed by atoms with Crippen LogP contribution in [-0.2, 0) is 4.79 Å². The van der Waals surface area contributed by atoms with Crippen molar-refractivity contribution in [1.29, 1.82) is 5.26 Å². The summed E-state index contributed by atoms with van der Waals surface area (Å²) in [5.74, 6) is -1.01. The molecule has 104 valence electrons. The average Bonchev–Trinajstić information content (AvgIpc) is 2.42. The van der Waals surface area contributed by atoms with Gasteiger partial charge in [-0.05, 0) is 37.6 Å². The summed E-state index contributed by atoms with van der Waals surface area (Å²) in [5, 5.41) is 17.9. The molecule has 0 heterocycles. The lowest BCUT2D eigenvalue weighted by Crippen LogP contribution is -2.25. The van der Waals surface area contributed by atoms with Crippen molar-refractivity contribution in [1.82, 2.24) is 0 Å². The molecule has 0 radical (unpaired) electrons. The van der Waals surface area contributed by atoms with Crippen LogP contribution in [0.25, 0.3) is 6.08 Å². The number of likely N-dealkylation sites (N-methyl/N-ethyl adjacent to an activating group) is 1. The van der Waals surface area contributed by atoms with E-state index < -0.39 is 5.97 Å². The van der Waals surface area contributed by atoms with Crippen molar-refractivity contribution in [3.05, 3.63) is 47.6 Å². The van der Waals surface area contributed by atoms with E-state index in [2.05, 4.69) is 17.5 Å². The van der Waals surface area contributed by atoms with Gasteiger partial charge in [0.25, 0.3) is 0 Å². The quantitative estimate of drug-likeness (QED) is 0.637. The number of carboxylic acid groups (broad SMARTS) is 1. The molecule has 4 heteroatoms. The van der Waals surface area contributed by atoms with Crippen LogP contribution in [0.1, 0.15) is 25.0 Å². The summed E-state index contributed by atoms with van der Waals surface area (Å²) in [6.45, 7) is 9.31. The molecule has 1 aromatic carbocycles. The van der Waals surface area contributed by atoms with Crippen molar-refractivity contribution in [3.63, 3.8) is 0 Å². The number of anilines is 1. The number of hydrogen-bond donors (Lipinski definition) is 1. The fraction of sp³-hybridized carbons (Fsp3) is 0.250. The third-order valence-corrected chi connectivity index (χ3v) is 2.74. The zero-order valence-electron chi connectivity index (χ0n) is 11.8. The molecule has 4 nitrogen and oxygen atoms in total. The van der Waals surface area contributed by atoms with Gasteiger partial charge in [-0.25, -0.2) is 4.79 Å². The molecule has 1 rings (SSSR count). The standard InChI is InChI=1S/C16H18N2O2/c1-4-18(11-12(2)3)15-7-5-13(6-8-16(19)20)9-14(15)10-17/h5-9H,2,4,11H2,1,3H3,(H,19,20)/b8-6+. The normalized spacial score (nSPS) is 10.2. The molecule has 1 N–H and O–H groups in total. The number of carboxylic acids is 1. The minimum absolute atomic E-state index is 0.528. The molecule has 0 aliphatic heterocycles. The number of hydrogen-bond acceptors (Lipinski definition) is 3. The van der Waals surface area contributed by atoms with Crippen molar-refractivity contribution in [2.24, 2.45) is 0 Å². The summed E-state index contributed by atoms with van der Waals surface area (Å²) in [7, 11) is 0. The minimum atomic E-state index is -1.01. The Labute approximate surface area is 119 Å². The molecule has 20 heavy (non-hydrogen) atoms. The van der Waals surface area contributed by atoms with Crippen molar-refractivity contribution in [3.8, 4) is 6.07 Å². The first-order valence-electron chi connectivity index (χ1n) is 6.32. The van der Waals surface area contributed by atoms with Gasteiger partial charge in [0.2, 0.25) is 0 Å². The Morgan fingerprint density at radius 3 is 2.75 bits per heavy atom. The fourth-order valence-electron chi connectivity index (χ4n) is 1.88. The van der Waals surface area contributed by atoms with Crippen LogP contribution < -0.4 is 4.90 Å². The number of nitrogens with zero attached hydrogens (tertiary/aromatic N) is 2. The minimum Gasteiger partial charge on any atom is -0.478 e. The summed E-state index contributed by atoms with van der Waals surface area (Å²) < 4.78 is 0. The summed E-state index contributed by atoms with van der Waals surface area (Å²) in [4.78, 5) is 12.6. The predicted molar refractivity (Wildman–Crippen MR) is 80.5 cm³/mol. The summed E-state index contributed by atoms with van der Waals surface area (Å²) in [6, 6.07) is 7.49. The van der Waals surface area contributed by atoms with Crippen molar-refractivity contribution in [2.75, 3.05) is 18.0 Å². The first-order chi connectivity index (χ1) is 9.47. The van der Waals surface area contributed by atoms with Crippen molar-refractivity contribution >= 4 is 17.7 Å². The van der Waals surface area contributed by atoms with Crippen LogP contribution in [0.2, 0.25) is 0 Å². The maximum Gasteiger partial charge on any atom is 0.328 e. The van der Waals surface area contributed by atoms with E-state index in [1.54, 1.807) is 12.1 Å². The second kappa shape index (κ2) is 7.15. The molecular weight excluding hydrogens is 252 g/mol. The molecule has 0 fully saturated rings. The van der Waals surface area contributed by atoms with Gasteiger partial charge >= 0.3 is 5.97 Å². The Morgan fingerprint density at radius 1 is 1.55 bits per heavy atom. The maximum absolute atomic E-state index is 10.5. The molecule has 0 spiro atoms. The lowest BCUT2D eigenvalue weighted by molar-refractivity contribution is -0.131. The van der Waals surface area contributed by atoms with Crippen LogP contribution in [0.5, 0.6) is 0 Å². The Hall–Kier alpha value is -2.54. The zero-order valence-corrected chi connectivity index (χ0v) is 11.8. The molecule has 0 saturated carbocycles. The highest BCUT2D eigenvalue weighted by Gasteiger charge is 2.10. The first-order valence-corrected chi connectivity index (χ1v) is 6.32. The van der Waals surface area contributed by atoms with Crippen LogP contribution in [-0.4, -0.2) is 24.2 Å². The van der Waals surface area contributed by atoms with Crippen LogP contribution in [0.4, 0.5) is 5.69 Å². The number of aliphatic carboxylic acids is 1. The predicted octanol–water partition coefficient (Wildman–Crippen LogP) is 3.06. The SMILES string of the molecule is C=C(C)CN(CC)c1ccc(/C=C/C(=O)O)cc1C#N. The number of nitriles is 1. The third kappa shape index (κ3) is 4.29. The molecule has 0 saturated heterocycles. The van der Waals surface area contributed by atoms with Gasteiger partial charge in [0.15, 0.2) is 0 Å². The number of rotatable bonds is 6. The van der Waals surface area contributed by atoms with Gasteiger partial charge in [-0.15, -0.1) is 0 Å². The molecule has 0 amide bonds. The molecule has 0 aromatic heterocycles. The molecule has 1 aromatic rings. The lowest BCUT2D eigenvalue weighted by Gasteiger charge is -2.24. The zero-order chi connectivity index (χ0) is 15.1. The third-order valence-electron chi connectivity index (χ3n) is 2.74. The van der Waals surface area contributed by atoms with Crippen LogP contribution in [0.15, 0.2) is 36.4 Å². The summed E-state index contributed by atoms with van der Waals surface area (Å²) >= 11 is 0. The van der Waals surface area contributed by atoms with E-state index in [0.717, 1.165) is 23.9 Å². The van der Waals surface area contributed by atoms with Gasteiger partial charge < -0.3 is 10.0 Å². The second-order valence-electron chi connectivity index (χ2n) is 4.53. The van der Waals surface area contributed by atoms with E-state index in [4.69, 9.17) is 5.11 Å². The summed E-state index contributed by atoms with van der Waals surface area (Å²) in [5.41, 5.74) is 3.08. The molecule has 0 unspecified atom stereocenters. The van der Waals surface area contributed by atoms with E-state index >= 15 is 0 Å². The largest absolute Gasteiger partial charge is 0.478 e. The Bertz CT molecular complexity index is 583. The smallest absolute Gasteiger partial charge is 0.328 e. The molecule has 0 aliphatic rings. The highest BCUT2D eigenvalue weighted by molar-refractivity contribution is 5.85. The Balaban J connectivity index is 3.13. The molecular formula is C16H18N2O2. The Kier molecular flexibility index (Phi) is 5.55. The average molecular weight is 270 g/mol. The van der Waals surface area contributed by atoms with E-state index in [-0.39, 0.29) is 0 Å². The van der Waals surface area contributed by atoms with E-state index in [1.165, 1.54) is 6.08 Å². The maximum atomic E-state index is 10.5. The van der Waals surface area contributed by atoms with E-state index in [0.29, 0.717) is 17.7 Å². The first kappa shape index (κ1) is 15.5.